The van der Waals surface area contributed by atoms with Crippen LogP contribution in [0.1, 0.15) is 96.3 Å². The van der Waals surface area contributed by atoms with Crippen LogP contribution in [-0.2, 0) is 32.0 Å². The van der Waals surface area contributed by atoms with Crippen LogP contribution >= 0.6 is 45.8 Å². The van der Waals surface area contributed by atoms with E-state index in [0.717, 1.165) is 72.8 Å². The number of carboxylic acids is 1. The molecule has 4 aromatic heterocycles. The van der Waals surface area contributed by atoms with Gasteiger partial charge in [-0.15, -0.1) is 44.6 Å². The summed E-state index contributed by atoms with van der Waals surface area (Å²) in [7, 11) is 0. The van der Waals surface area contributed by atoms with E-state index in [1.165, 1.54) is 39.7 Å². The number of aliphatic hydroxyl groups excluding tert-OH is 1. The van der Waals surface area contributed by atoms with E-state index in [0.29, 0.717) is 79.3 Å². The summed E-state index contributed by atoms with van der Waals surface area (Å²) >= 11 is 5.55. The van der Waals surface area contributed by atoms with Crippen molar-refractivity contribution in [2.24, 2.45) is 5.41 Å². The number of fused-ring (bicyclic) bond motifs is 2. The second-order valence-corrected chi connectivity index (χ2v) is 26.8. The van der Waals surface area contributed by atoms with Crippen LogP contribution in [0, 0.1) is 36.9 Å². The third-order valence-corrected chi connectivity index (χ3v) is 19.5. The van der Waals surface area contributed by atoms with Gasteiger partial charge in [-0.25, -0.2) is 24.1 Å². The third-order valence-electron chi connectivity index (χ3n) is 15.5. The molecule has 0 radical (unpaired) electrons. The number of aryl methyl sites for hydroxylation is 2. The van der Waals surface area contributed by atoms with Crippen molar-refractivity contribution >= 4 is 107 Å². The lowest BCUT2D eigenvalue weighted by atomic mass is 9.85. The van der Waals surface area contributed by atoms with E-state index in [9.17, 15) is 34.2 Å². The van der Waals surface area contributed by atoms with Crippen molar-refractivity contribution in [3.63, 3.8) is 0 Å². The summed E-state index contributed by atoms with van der Waals surface area (Å²) in [6.07, 6.45) is 1.53. The molecule has 7 aromatic rings. The monoisotopic (exact) mass is 1260 g/mol. The van der Waals surface area contributed by atoms with Crippen LogP contribution in [0.2, 0.25) is 0 Å². The first-order chi connectivity index (χ1) is 41.8. The van der Waals surface area contributed by atoms with Crippen LogP contribution < -0.4 is 25.6 Å². The van der Waals surface area contributed by atoms with E-state index in [1.54, 1.807) is 27.8 Å². The van der Waals surface area contributed by atoms with Crippen molar-refractivity contribution in [1.82, 2.24) is 50.5 Å². The Morgan fingerprint density at radius 3 is 2.45 bits per heavy atom. The number of nitrogens with one attached hydrogen (secondary N) is 3. The van der Waals surface area contributed by atoms with Gasteiger partial charge in [-0.2, -0.15) is 0 Å². The number of halogens is 1. The summed E-state index contributed by atoms with van der Waals surface area (Å²) in [6.45, 7) is 14.5. The van der Waals surface area contributed by atoms with Crippen LogP contribution in [0.3, 0.4) is 0 Å². The second kappa shape index (κ2) is 27.6. The third kappa shape index (κ3) is 15.0. The smallest absolute Gasteiger partial charge is 0.355 e. The fraction of sp³-hybridized carbons (Fsp3) is 0.419. The molecule has 3 aliphatic rings. The molecule has 0 saturated carbocycles. The molecule has 3 aromatic carbocycles. The number of benzene rings is 3. The van der Waals surface area contributed by atoms with Crippen molar-refractivity contribution in [2.75, 3.05) is 74.1 Å². The first-order valence-corrected chi connectivity index (χ1v) is 32.5. The standard InChI is InChI=1S/C62H69FN12O8S4/c1-36-43-13-10-24-74(56(43)71-70-55(36)69-60-66-45-14-7-8-15-48(45)86-60)61-68-52(59(81)82)49(87-61)16-11-29-83-47-22-17-39(30-44(47)63)12-9-23-72-25-27-73(28-26-72)51(78)34-84-33-50(77)67-54(62(4,5)6)58(80)75-32-42(76)31-46(75)57(79)65-37(2)40-18-20-41(21-19-40)53-38(3)64-35-85-53/h7-8,14-15,17-22,30,35,37,42,46,54,76H,10-11,13,16,23-29,31-34H2,1-6H3,(H,65,79)(H,67,77)(H,81,82)(H,66,69,70)/t37-,42+,46-,54+/m0/s1. The van der Waals surface area contributed by atoms with E-state index in [2.05, 4.69) is 57.8 Å². The molecule has 5 N–H and O–H groups in total. The number of likely N-dealkylation sites (tertiary alicyclic amines) is 1. The molecule has 0 spiro atoms. The van der Waals surface area contributed by atoms with Gasteiger partial charge in [0.25, 0.3) is 0 Å². The first-order valence-electron chi connectivity index (χ1n) is 28.8. The maximum absolute atomic E-state index is 15.3. The normalized spacial score (nSPS) is 16.9. The molecular formula is C62H69FN12O8S4. The number of hydrogen-bond acceptors (Lipinski definition) is 19. The summed E-state index contributed by atoms with van der Waals surface area (Å²) in [6, 6.07) is 18.0. The average Bonchev–Trinajstić information content (AvgIpc) is 2.15. The first kappa shape index (κ1) is 62.5. The highest BCUT2D eigenvalue weighted by atomic mass is 32.2. The highest BCUT2D eigenvalue weighted by Gasteiger charge is 2.45. The zero-order valence-electron chi connectivity index (χ0n) is 49.2. The number of carboxylic acid groups (broad SMARTS) is 1. The Bertz CT molecular complexity index is 3700. The summed E-state index contributed by atoms with van der Waals surface area (Å²) < 4.78 is 22.2. The van der Waals surface area contributed by atoms with E-state index in [4.69, 9.17) is 4.74 Å². The summed E-state index contributed by atoms with van der Waals surface area (Å²) in [4.78, 5) is 89.3. The van der Waals surface area contributed by atoms with Crippen LogP contribution in [0.25, 0.3) is 20.7 Å². The minimum atomic E-state index is -1.13. The lowest BCUT2D eigenvalue weighted by Gasteiger charge is -2.35. The number of aromatic nitrogens is 5. The number of para-hydroxylation sites is 1. The molecule has 10 rings (SSSR count). The minimum Gasteiger partial charge on any atom is -0.491 e. The molecule has 7 heterocycles. The quantitative estimate of drug-likeness (QED) is 0.0354. The van der Waals surface area contributed by atoms with E-state index in [-0.39, 0.29) is 54.5 Å². The SMILES string of the molecule is Cc1ncsc1-c1ccc([C@H](C)NC(=O)[C@@H]2C[C@@H](O)CN2C(=O)[C@@H](NC(=O)CSCC(=O)N2CCN(CC#Cc3ccc(OCCCc4sc(N5CCCc6c5nnc(Nc5nc7ccccc7s5)c6C)nc4C(=O)O)c(F)c3)CC2)C(C)(C)C)cc1. The topological polar surface area (TPSA) is 249 Å². The number of carbonyl (C=O) groups is 5. The average molecular weight is 1260 g/mol. The molecular weight excluding hydrogens is 1190 g/mol. The molecule has 0 bridgehead atoms. The Morgan fingerprint density at radius 1 is 0.943 bits per heavy atom. The van der Waals surface area contributed by atoms with Gasteiger partial charge in [0.05, 0.1) is 63.1 Å². The molecule has 87 heavy (non-hydrogen) atoms. The van der Waals surface area contributed by atoms with Gasteiger partial charge in [-0.1, -0.05) is 80.3 Å². The lowest BCUT2D eigenvalue weighted by molar-refractivity contribution is -0.143. The number of β-amino-alcohol motifs (C(OH)–C–C–N with tert-alkyl or cyclic N) is 1. The molecule has 0 unspecified atom stereocenters. The highest BCUT2D eigenvalue weighted by Crippen LogP contribution is 2.40. The van der Waals surface area contributed by atoms with Crippen molar-refractivity contribution < 1.29 is 43.3 Å². The summed E-state index contributed by atoms with van der Waals surface area (Å²) in [5.74, 6) is 4.37. The Balaban J connectivity index is 0.636. The van der Waals surface area contributed by atoms with Gasteiger partial charge in [-0.05, 0) is 93.3 Å². The number of aliphatic hydroxyl groups is 1. The minimum absolute atomic E-state index is 0.0322. The van der Waals surface area contributed by atoms with Gasteiger partial charge >= 0.3 is 5.97 Å². The Morgan fingerprint density at radius 2 is 1.72 bits per heavy atom. The van der Waals surface area contributed by atoms with Crippen molar-refractivity contribution in [2.45, 2.75) is 97.9 Å². The van der Waals surface area contributed by atoms with Gasteiger partial charge in [0, 0.05) is 67.3 Å². The molecule has 2 fully saturated rings. The number of rotatable bonds is 20. The van der Waals surface area contributed by atoms with Gasteiger partial charge in [0.15, 0.2) is 39.2 Å². The summed E-state index contributed by atoms with van der Waals surface area (Å²) in [5, 5.41) is 40.4. The zero-order valence-corrected chi connectivity index (χ0v) is 52.5. The largest absolute Gasteiger partial charge is 0.491 e. The number of carbonyl (C=O) groups excluding carboxylic acids is 4. The van der Waals surface area contributed by atoms with Gasteiger partial charge in [0.1, 0.15) is 12.1 Å². The number of anilines is 4. The molecule has 20 nitrogen and oxygen atoms in total. The molecule has 456 valence electrons. The second-order valence-electron chi connectivity index (χ2n) is 22.8. The van der Waals surface area contributed by atoms with Crippen molar-refractivity contribution in [3.05, 3.63) is 117 Å². The van der Waals surface area contributed by atoms with Crippen molar-refractivity contribution in [1.29, 1.82) is 0 Å². The number of nitrogens with zero attached hydrogens (tertiary/aromatic N) is 9. The van der Waals surface area contributed by atoms with Gasteiger partial charge < -0.3 is 45.6 Å². The van der Waals surface area contributed by atoms with Gasteiger partial charge in [-0.3, -0.25) is 24.1 Å². The summed E-state index contributed by atoms with van der Waals surface area (Å²) in [5.41, 5.74) is 7.23. The predicted octanol–water partition coefficient (Wildman–Crippen LogP) is 8.56. The zero-order chi connectivity index (χ0) is 61.5. The van der Waals surface area contributed by atoms with Crippen LogP contribution in [0.5, 0.6) is 5.75 Å². The Kier molecular flexibility index (Phi) is 19.8. The number of ether oxygens (including phenoxy) is 1. The molecule has 3 aliphatic heterocycles. The molecule has 25 heteroatoms. The molecule has 4 atom stereocenters. The van der Waals surface area contributed by atoms with E-state index in [1.807, 2.05) is 95.0 Å². The molecule has 2 saturated heterocycles. The Hall–Kier alpha value is -7.60. The van der Waals surface area contributed by atoms with Crippen molar-refractivity contribution in [3.8, 4) is 28.0 Å². The van der Waals surface area contributed by atoms with Crippen LogP contribution in [0.4, 0.5) is 26.3 Å². The van der Waals surface area contributed by atoms with E-state index < -0.39 is 53.1 Å². The number of thiazole rings is 3. The fourth-order valence-electron chi connectivity index (χ4n) is 10.8. The molecule has 0 aliphatic carbocycles. The predicted molar refractivity (Wildman–Crippen MR) is 338 cm³/mol. The fourth-order valence-corrected chi connectivity index (χ4v) is 14.3. The Labute approximate surface area is 520 Å². The van der Waals surface area contributed by atoms with E-state index >= 15 is 4.39 Å². The maximum Gasteiger partial charge on any atom is 0.355 e. The number of piperazine rings is 1. The number of aromatic carboxylic acids is 1. The lowest BCUT2D eigenvalue weighted by Crippen LogP contribution is -2.58. The number of thioether (sulfide) groups is 1. The van der Waals surface area contributed by atoms with Crippen LogP contribution in [-0.4, -0.2) is 162 Å². The van der Waals surface area contributed by atoms with Gasteiger partial charge in [0.2, 0.25) is 23.6 Å². The number of amides is 4. The highest BCUT2D eigenvalue weighted by molar-refractivity contribution is 8.00. The van der Waals surface area contributed by atoms with Crippen LogP contribution in [0.15, 0.2) is 72.2 Å². The maximum atomic E-state index is 15.3. The number of hydrogen-bond donors (Lipinski definition) is 5. The molecule has 4 amide bonds.